The Bertz CT molecular complexity index is 210. The summed E-state index contributed by atoms with van der Waals surface area (Å²) in [5, 5.41) is 0. The van der Waals surface area contributed by atoms with Crippen molar-refractivity contribution in [3.8, 4) is 0 Å². The molecular weight excluding hydrogens is 212 g/mol. The molecule has 17 heavy (non-hydrogen) atoms. The van der Waals surface area contributed by atoms with Crippen LogP contribution in [-0.2, 0) is 4.74 Å². The van der Waals surface area contributed by atoms with Crippen LogP contribution in [0.3, 0.4) is 0 Å². The van der Waals surface area contributed by atoms with Crippen molar-refractivity contribution in [1.29, 1.82) is 0 Å². The Morgan fingerprint density at radius 2 is 1.94 bits per heavy atom. The summed E-state index contributed by atoms with van der Waals surface area (Å²) >= 11 is 0. The number of hydrogen-bond acceptors (Lipinski definition) is 3. The van der Waals surface area contributed by atoms with E-state index in [0.717, 1.165) is 13.1 Å². The monoisotopic (exact) mass is 242 g/mol. The van der Waals surface area contributed by atoms with Gasteiger partial charge in [-0.15, -0.1) is 0 Å². The van der Waals surface area contributed by atoms with Crippen molar-refractivity contribution < 1.29 is 4.74 Å². The first-order valence-corrected chi connectivity index (χ1v) is 7.14. The zero-order valence-corrected chi connectivity index (χ0v) is 12.0. The molecule has 4 atom stereocenters. The minimum atomic E-state index is 0.287. The van der Waals surface area contributed by atoms with Crippen molar-refractivity contribution in [2.75, 3.05) is 20.2 Å². The summed E-state index contributed by atoms with van der Waals surface area (Å²) in [6, 6.07) is 1.13. The lowest BCUT2D eigenvalue weighted by atomic mass is 9.82. The molecule has 0 saturated heterocycles. The van der Waals surface area contributed by atoms with E-state index in [1.165, 1.54) is 25.7 Å². The molecule has 0 radical (unpaired) electrons. The van der Waals surface area contributed by atoms with E-state index in [-0.39, 0.29) is 6.10 Å². The average molecular weight is 242 g/mol. The van der Waals surface area contributed by atoms with E-state index < -0.39 is 0 Å². The van der Waals surface area contributed by atoms with Gasteiger partial charge in [-0.05, 0) is 45.7 Å². The lowest BCUT2D eigenvalue weighted by Crippen LogP contribution is -2.52. The van der Waals surface area contributed by atoms with Crippen molar-refractivity contribution >= 4 is 0 Å². The number of rotatable bonds is 6. The summed E-state index contributed by atoms with van der Waals surface area (Å²) in [6.45, 7) is 8.61. The van der Waals surface area contributed by atoms with E-state index in [0.29, 0.717) is 18.0 Å². The van der Waals surface area contributed by atoms with E-state index in [2.05, 4.69) is 25.7 Å². The van der Waals surface area contributed by atoms with Crippen LogP contribution >= 0.6 is 0 Å². The fourth-order valence-corrected chi connectivity index (χ4v) is 3.19. The van der Waals surface area contributed by atoms with E-state index in [9.17, 15) is 0 Å². The third-order valence-corrected chi connectivity index (χ3v) is 4.54. The number of nitrogens with zero attached hydrogens (tertiary/aromatic N) is 1. The van der Waals surface area contributed by atoms with Crippen LogP contribution in [0.5, 0.6) is 0 Å². The smallest absolute Gasteiger partial charge is 0.0695 e. The summed E-state index contributed by atoms with van der Waals surface area (Å²) in [7, 11) is 1.80. The van der Waals surface area contributed by atoms with Gasteiger partial charge in [-0.25, -0.2) is 0 Å². The second-order valence-corrected chi connectivity index (χ2v) is 5.36. The zero-order valence-electron chi connectivity index (χ0n) is 12.0. The second-order valence-electron chi connectivity index (χ2n) is 5.36. The molecule has 0 spiro atoms. The molecule has 2 N–H and O–H groups in total. The quantitative estimate of drug-likeness (QED) is 0.776. The number of hydrogen-bond donors (Lipinski definition) is 1. The van der Waals surface area contributed by atoms with Gasteiger partial charge in [-0.2, -0.15) is 0 Å². The fraction of sp³-hybridized carbons (Fsp3) is 1.00. The van der Waals surface area contributed by atoms with E-state index in [1.54, 1.807) is 7.11 Å². The Morgan fingerprint density at radius 1 is 1.29 bits per heavy atom. The molecule has 0 aromatic rings. The molecule has 1 fully saturated rings. The molecule has 0 amide bonds. The molecule has 0 bridgehead atoms. The van der Waals surface area contributed by atoms with Gasteiger partial charge in [-0.1, -0.05) is 19.8 Å². The van der Waals surface area contributed by atoms with E-state index >= 15 is 0 Å². The first-order valence-electron chi connectivity index (χ1n) is 7.14. The number of methoxy groups -OCH3 is 1. The molecule has 1 saturated carbocycles. The lowest BCUT2D eigenvalue weighted by molar-refractivity contribution is -0.00588. The molecule has 3 nitrogen and oxygen atoms in total. The van der Waals surface area contributed by atoms with Gasteiger partial charge >= 0.3 is 0 Å². The first-order chi connectivity index (χ1) is 8.15. The maximum atomic E-state index is 5.94. The van der Waals surface area contributed by atoms with Crippen LogP contribution < -0.4 is 5.73 Å². The Hall–Kier alpha value is -0.120. The zero-order chi connectivity index (χ0) is 12.8. The van der Waals surface area contributed by atoms with Gasteiger partial charge in [0.15, 0.2) is 0 Å². The first kappa shape index (κ1) is 14.9. The van der Waals surface area contributed by atoms with Crippen molar-refractivity contribution in [2.45, 2.75) is 64.6 Å². The van der Waals surface area contributed by atoms with E-state index in [1.807, 2.05) is 0 Å². The number of nitrogens with two attached hydrogens (primary N) is 1. The Kier molecular flexibility index (Phi) is 6.45. The van der Waals surface area contributed by atoms with Gasteiger partial charge in [0, 0.05) is 19.2 Å². The van der Waals surface area contributed by atoms with Crippen LogP contribution in [0.1, 0.15) is 46.5 Å². The van der Waals surface area contributed by atoms with Gasteiger partial charge in [-0.3, -0.25) is 4.90 Å². The molecule has 1 aliphatic rings. The maximum Gasteiger partial charge on any atom is 0.0695 e. The van der Waals surface area contributed by atoms with Gasteiger partial charge in [0.05, 0.1) is 6.10 Å². The molecule has 3 heteroatoms. The summed E-state index contributed by atoms with van der Waals surface area (Å²) in [6.07, 6.45) is 5.59. The molecule has 0 aromatic carbocycles. The molecule has 0 aromatic heterocycles. The van der Waals surface area contributed by atoms with Crippen molar-refractivity contribution in [3.05, 3.63) is 0 Å². The molecule has 4 unspecified atom stereocenters. The van der Waals surface area contributed by atoms with Crippen LogP contribution in [0.25, 0.3) is 0 Å². The second kappa shape index (κ2) is 7.34. The predicted octanol–water partition coefficient (Wildman–Crippen LogP) is 2.25. The van der Waals surface area contributed by atoms with Crippen LogP contribution in [0.15, 0.2) is 0 Å². The molecule has 0 heterocycles. The van der Waals surface area contributed by atoms with Gasteiger partial charge in [0.25, 0.3) is 0 Å². The van der Waals surface area contributed by atoms with Crippen LogP contribution in [0, 0.1) is 5.92 Å². The maximum absolute atomic E-state index is 5.94. The standard InChI is InChI=1S/C14H30N2O/c1-5-16(11(2)12(3)17-4)14-9-7-6-8-13(14)10-15/h11-14H,5-10,15H2,1-4H3. The highest BCUT2D eigenvalue weighted by molar-refractivity contribution is 4.87. The van der Waals surface area contributed by atoms with Gasteiger partial charge in [0.1, 0.15) is 0 Å². The average Bonchev–Trinajstić information content (AvgIpc) is 2.39. The summed E-state index contributed by atoms with van der Waals surface area (Å²) in [4.78, 5) is 2.60. The highest BCUT2D eigenvalue weighted by Crippen LogP contribution is 2.29. The number of likely N-dealkylation sites (N-methyl/N-ethyl adjacent to an activating group) is 1. The van der Waals surface area contributed by atoms with Crippen LogP contribution in [0.4, 0.5) is 0 Å². The Balaban J connectivity index is 2.69. The van der Waals surface area contributed by atoms with Crippen molar-refractivity contribution in [2.24, 2.45) is 11.7 Å². The summed E-state index contributed by atoms with van der Waals surface area (Å²) < 4.78 is 5.48. The highest BCUT2D eigenvalue weighted by Gasteiger charge is 2.32. The highest BCUT2D eigenvalue weighted by atomic mass is 16.5. The van der Waals surface area contributed by atoms with Gasteiger partial charge < -0.3 is 10.5 Å². The summed E-state index contributed by atoms with van der Waals surface area (Å²) in [5.74, 6) is 0.676. The van der Waals surface area contributed by atoms with Crippen molar-refractivity contribution in [1.82, 2.24) is 4.90 Å². The lowest BCUT2D eigenvalue weighted by Gasteiger charge is -2.43. The molecule has 0 aliphatic heterocycles. The normalized spacial score (nSPS) is 29.3. The third-order valence-electron chi connectivity index (χ3n) is 4.54. The van der Waals surface area contributed by atoms with Crippen molar-refractivity contribution in [3.63, 3.8) is 0 Å². The number of ether oxygens (including phenoxy) is 1. The fourth-order valence-electron chi connectivity index (χ4n) is 3.19. The Morgan fingerprint density at radius 3 is 2.47 bits per heavy atom. The largest absolute Gasteiger partial charge is 0.380 e. The third kappa shape index (κ3) is 3.67. The SMILES string of the molecule is CCN(C(C)C(C)OC)C1CCCCC1CN. The molecule has 102 valence electrons. The van der Waals surface area contributed by atoms with Crippen LogP contribution in [0.2, 0.25) is 0 Å². The Labute approximate surface area is 107 Å². The molecular formula is C14H30N2O. The minimum absolute atomic E-state index is 0.287. The topological polar surface area (TPSA) is 38.5 Å². The molecule has 1 rings (SSSR count). The van der Waals surface area contributed by atoms with Crippen LogP contribution in [-0.4, -0.2) is 43.3 Å². The molecule has 1 aliphatic carbocycles. The van der Waals surface area contributed by atoms with Gasteiger partial charge in [0.2, 0.25) is 0 Å². The van der Waals surface area contributed by atoms with E-state index in [4.69, 9.17) is 10.5 Å². The predicted molar refractivity (Wildman–Crippen MR) is 73.1 cm³/mol. The minimum Gasteiger partial charge on any atom is -0.380 e. The summed E-state index contributed by atoms with van der Waals surface area (Å²) in [5.41, 5.74) is 5.94.